The highest BCUT2D eigenvalue weighted by atomic mass is 79.9. The molecule has 6 heteroatoms. The van der Waals surface area contributed by atoms with E-state index in [-0.39, 0.29) is 12.8 Å². The highest BCUT2D eigenvalue weighted by molar-refractivity contribution is 9.10. The number of carbonyl (C=O) groups excluding carboxylic acids is 1. The second-order valence-corrected chi connectivity index (χ2v) is 5.25. The Morgan fingerprint density at radius 3 is 2.78 bits per heavy atom. The first-order chi connectivity index (χ1) is 8.49. The van der Waals surface area contributed by atoms with Gasteiger partial charge in [0, 0.05) is 6.04 Å². The zero-order valence-corrected chi connectivity index (χ0v) is 11.8. The minimum Gasteiger partial charge on any atom is -0.454 e. The summed E-state index contributed by atoms with van der Waals surface area (Å²) in [5, 5.41) is 3.12. The molecule has 0 fully saturated rings. The third-order valence-corrected chi connectivity index (χ3v) is 3.16. The molecule has 1 amide bonds. The first kappa shape index (κ1) is 13.2. The predicted molar refractivity (Wildman–Crippen MR) is 70.5 cm³/mol. The molecule has 1 aromatic carbocycles. The van der Waals surface area contributed by atoms with Crippen LogP contribution in [0.3, 0.4) is 0 Å². The third kappa shape index (κ3) is 2.59. The van der Waals surface area contributed by atoms with Gasteiger partial charge >= 0.3 is 0 Å². The van der Waals surface area contributed by atoms with Gasteiger partial charge in [0.2, 0.25) is 12.7 Å². The molecule has 0 saturated carbocycles. The number of hydrogen-bond acceptors (Lipinski definition) is 4. The van der Waals surface area contributed by atoms with Crippen molar-refractivity contribution in [3.05, 3.63) is 22.2 Å². The maximum atomic E-state index is 11.5. The van der Waals surface area contributed by atoms with E-state index in [4.69, 9.17) is 15.2 Å². The van der Waals surface area contributed by atoms with Crippen molar-refractivity contribution in [3.8, 4) is 11.5 Å². The lowest BCUT2D eigenvalue weighted by molar-refractivity contribution is -0.120. The Morgan fingerprint density at radius 2 is 2.17 bits per heavy atom. The Bertz CT molecular complexity index is 477. The molecule has 0 radical (unpaired) electrons. The summed E-state index contributed by atoms with van der Waals surface area (Å²) >= 11 is 3.40. The second kappa shape index (κ2) is 5.16. The van der Waals surface area contributed by atoms with Crippen molar-refractivity contribution in [1.29, 1.82) is 0 Å². The van der Waals surface area contributed by atoms with Gasteiger partial charge in [-0.15, -0.1) is 0 Å². The van der Waals surface area contributed by atoms with E-state index in [0.717, 1.165) is 10.0 Å². The van der Waals surface area contributed by atoms with Crippen molar-refractivity contribution in [2.45, 2.75) is 25.9 Å². The monoisotopic (exact) mass is 314 g/mol. The summed E-state index contributed by atoms with van der Waals surface area (Å²) in [6.45, 7) is 4.10. The van der Waals surface area contributed by atoms with E-state index in [9.17, 15) is 4.79 Å². The summed E-state index contributed by atoms with van der Waals surface area (Å²) in [7, 11) is 0. The van der Waals surface area contributed by atoms with E-state index in [1.807, 2.05) is 19.9 Å². The van der Waals surface area contributed by atoms with Crippen molar-refractivity contribution >= 4 is 21.8 Å². The van der Waals surface area contributed by atoms with Crippen LogP contribution in [-0.2, 0) is 4.79 Å². The van der Waals surface area contributed by atoms with Crippen molar-refractivity contribution in [3.63, 3.8) is 0 Å². The fourth-order valence-electron chi connectivity index (χ4n) is 1.83. The second-order valence-electron chi connectivity index (χ2n) is 4.39. The summed E-state index contributed by atoms with van der Waals surface area (Å²) in [6, 6.07) is 3.19. The summed E-state index contributed by atoms with van der Waals surface area (Å²) in [5.41, 5.74) is 6.18. The zero-order chi connectivity index (χ0) is 13.3. The summed E-state index contributed by atoms with van der Waals surface area (Å²) < 4.78 is 11.4. The first-order valence-corrected chi connectivity index (χ1v) is 6.42. The minimum atomic E-state index is -0.546. The van der Waals surface area contributed by atoms with Crippen LogP contribution < -0.4 is 20.5 Å². The molecule has 98 valence electrons. The van der Waals surface area contributed by atoms with Gasteiger partial charge in [-0.25, -0.2) is 0 Å². The smallest absolute Gasteiger partial charge is 0.239 e. The van der Waals surface area contributed by atoms with Crippen LogP contribution in [0.5, 0.6) is 11.5 Å². The normalized spacial score (nSPS) is 14.9. The Kier molecular flexibility index (Phi) is 3.77. The van der Waals surface area contributed by atoms with Crippen LogP contribution in [0, 0.1) is 0 Å². The van der Waals surface area contributed by atoms with E-state index in [1.54, 1.807) is 6.07 Å². The summed E-state index contributed by atoms with van der Waals surface area (Å²) in [5.74, 6) is 0.858. The Labute approximate surface area is 114 Å². The van der Waals surface area contributed by atoms with E-state index < -0.39 is 11.9 Å². The third-order valence-electron chi connectivity index (χ3n) is 2.57. The summed E-state index contributed by atoms with van der Waals surface area (Å²) in [6.07, 6.45) is 0. The van der Waals surface area contributed by atoms with Gasteiger partial charge in [-0.1, -0.05) is 0 Å². The molecule has 1 aliphatic rings. The number of nitrogens with one attached hydrogen (secondary N) is 1. The molecule has 18 heavy (non-hydrogen) atoms. The lowest BCUT2D eigenvalue weighted by Crippen LogP contribution is -2.37. The lowest BCUT2D eigenvalue weighted by Gasteiger charge is -2.19. The van der Waals surface area contributed by atoms with Crippen LogP contribution in [-0.4, -0.2) is 18.7 Å². The molecule has 5 nitrogen and oxygen atoms in total. The number of nitrogens with two attached hydrogens (primary N) is 1. The molecule has 2 rings (SSSR count). The predicted octanol–water partition coefficient (Wildman–Crippen LogP) is 1.70. The first-order valence-electron chi connectivity index (χ1n) is 5.63. The highest BCUT2D eigenvalue weighted by Gasteiger charge is 2.24. The zero-order valence-electron chi connectivity index (χ0n) is 10.2. The number of benzene rings is 1. The largest absolute Gasteiger partial charge is 0.454 e. The number of ether oxygens (including phenoxy) is 2. The van der Waals surface area contributed by atoms with E-state index >= 15 is 0 Å². The minimum absolute atomic E-state index is 0.145. The molecule has 0 aliphatic carbocycles. The maximum absolute atomic E-state index is 11.5. The molecule has 0 aromatic heterocycles. The van der Waals surface area contributed by atoms with Crippen LogP contribution in [0.1, 0.15) is 25.5 Å². The average Bonchev–Trinajstić information content (AvgIpc) is 2.73. The summed E-state index contributed by atoms with van der Waals surface area (Å²) in [4.78, 5) is 11.5. The van der Waals surface area contributed by atoms with Gasteiger partial charge in [0.25, 0.3) is 0 Å². The number of carbonyl (C=O) groups is 1. The Balaban J connectivity index is 2.36. The van der Waals surface area contributed by atoms with E-state index in [0.29, 0.717) is 11.5 Å². The highest BCUT2D eigenvalue weighted by Crippen LogP contribution is 2.41. The topological polar surface area (TPSA) is 73.6 Å². The number of fused-ring (bicyclic) bond motifs is 1. The number of amides is 1. The van der Waals surface area contributed by atoms with Crippen LogP contribution in [0.4, 0.5) is 0 Å². The maximum Gasteiger partial charge on any atom is 0.239 e. The lowest BCUT2D eigenvalue weighted by atomic mass is 10.0. The van der Waals surface area contributed by atoms with Crippen LogP contribution in [0.25, 0.3) is 0 Å². The van der Waals surface area contributed by atoms with Gasteiger partial charge in [0.1, 0.15) is 6.04 Å². The molecule has 0 saturated heterocycles. The molecule has 0 bridgehead atoms. The molecular weight excluding hydrogens is 300 g/mol. The fraction of sp³-hybridized carbons (Fsp3) is 0.417. The van der Waals surface area contributed by atoms with Gasteiger partial charge < -0.3 is 15.2 Å². The molecule has 0 spiro atoms. The van der Waals surface area contributed by atoms with E-state index in [2.05, 4.69) is 21.2 Å². The van der Waals surface area contributed by atoms with E-state index in [1.165, 1.54) is 0 Å². The average molecular weight is 315 g/mol. The fourth-order valence-corrected chi connectivity index (χ4v) is 2.40. The number of halogens is 1. The number of rotatable bonds is 4. The number of hydrogen-bond donors (Lipinski definition) is 2. The number of primary amides is 1. The van der Waals surface area contributed by atoms with Crippen molar-refractivity contribution in [2.24, 2.45) is 5.73 Å². The molecule has 1 aliphatic heterocycles. The molecule has 1 atom stereocenters. The standard InChI is InChI=1S/C12H15BrN2O3/c1-6(2)15-10(12(14)16)7-3-8(13)11-9(4-7)17-5-18-11/h3-4,6,10,15H,5H2,1-2H3,(H2,14,16). The van der Waals surface area contributed by atoms with Gasteiger partial charge in [-0.2, -0.15) is 0 Å². The van der Waals surface area contributed by atoms with Gasteiger partial charge in [-0.05, 0) is 47.5 Å². The van der Waals surface area contributed by atoms with Crippen molar-refractivity contribution in [1.82, 2.24) is 5.32 Å². The van der Waals surface area contributed by atoms with Crippen LogP contribution in [0.15, 0.2) is 16.6 Å². The van der Waals surface area contributed by atoms with Gasteiger partial charge in [-0.3, -0.25) is 10.1 Å². The SMILES string of the molecule is CC(C)NC(C(N)=O)c1cc(Br)c2c(c1)OCO2. The van der Waals surface area contributed by atoms with Gasteiger partial charge in [0.05, 0.1) is 4.47 Å². The molecule has 1 unspecified atom stereocenters. The van der Waals surface area contributed by atoms with Gasteiger partial charge in [0.15, 0.2) is 11.5 Å². The van der Waals surface area contributed by atoms with Crippen molar-refractivity contribution in [2.75, 3.05) is 6.79 Å². The van der Waals surface area contributed by atoms with Crippen LogP contribution >= 0.6 is 15.9 Å². The molecular formula is C12H15BrN2O3. The Morgan fingerprint density at radius 1 is 1.44 bits per heavy atom. The van der Waals surface area contributed by atoms with Crippen LogP contribution in [0.2, 0.25) is 0 Å². The molecule has 1 aromatic rings. The Hall–Kier alpha value is -1.27. The van der Waals surface area contributed by atoms with Crippen molar-refractivity contribution < 1.29 is 14.3 Å². The quantitative estimate of drug-likeness (QED) is 0.887. The molecule has 1 heterocycles. The molecule has 3 N–H and O–H groups in total.